The molecule has 1 atom stereocenters. The Morgan fingerprint density at radius 1 is 0.422 bits per heavy atom. The Balaban J connectivity index is 1.22. The topological polar surface area (TPSA) is 19.9 Å². The minimum Gasteiger partial charge on any atom is -0.288 e. The van der Waals surface area contributed by atoms with Gasteiger partial charge in [-0.3, -0.25) is 10.2 Å². The fourth-order valence-electron chi connectivity index (χ4n) is 7.32. The molecule has 1 aliphatic rings. The van der Waals surface area contributed by atoms with Gasteiger partial charge in [0.15, 0.2) is 11.9 Å². The van der Waals surface area contributed by atoms with Gasteiger partial charge in [0.1, 0.15) is 5.69 Å². The van der Waals surface area contributed by atoms with Gasteiger partial charge in [0, 0.05) is 17.3 Å². The monoisotopic (exact) mass is 575 g/mol. The van der Waals surface area contributed by atoms with E-state index in [4.69, 9.17) is 0 Å². The van der Waals surface area contributed by atoms with Crippen molar-refractivity contribution in [2.75, 3.05) is 4.90 Å². The molecule has 0 bridgehead atoms. The highest BCUT2D eigenvalue weighted by Crippen LogP contribution is 2.45. The van der Waals surface area contributed by atoms with Crippen molar-refractivity contribution in [2.24, 2.45) is 0 Å². The van der Waals surface area contributed by atoms with E-state index in [0.29, 0.717) is 0 Å². The van der Waals surface area contributed by atoms with Crippen molar-refractivity contribution in [3.63, 3.8) is 0 Å². The number of nitrogens with two attached hydrogens (primary N) is 1. The minimum absolute atomic E-state index is 0.150. The first-order valence-corrected chi connectivity index (χ1v) is 15.6. The number of nitrogens with zero attached hydrogens (tertiary/aromatic N) is 1. The van der Waals surface area contributed by atoms with Crippen LogP contribution in [-0.4, -0.2) is 0 Å². The zero-order chi connectivity index (χ0) is 29.7. The summed E-state index contributed by atoms with van der Waals surface area (Å²) in [4.78, 5) is 2.47. The molecule has 2 heteroatoms. The minimum atomic E-state index is 0.150. The van der Waals surface area contributed by atoms with Gasteiger partial charge in [0.25, 0.3) is 0 Å². The van der Waals surface area contributed by atoms with Gasteiger partial charge in [0.2, 0.25) is 0 Å². The van der Waals surface area contributed by atoms with E-state index in [1.807, 2.05) is 0 Å². The Hall–Kier alpha value is -5.70. The molecule has 8 aromatic rings. The Bertz CT molecular complexity index is 2300. The maximum Gasteiger partial charge on any atom is 0.197 e. The van der Waals surface area contributed by atoms with Gasteiger partial charge in [-0.25, -0.2) is 0 Å². The summed E-state index contributed by atoms with van der Waals surface area (Å²) in [5, 5.41) is 10.0. The van der Waals surface area contributed by atoms with Crippen LogP contribution in [0.3, 0.4) is 0 Å². The van der Waals surface area contributed by atoms with Crippen molar-refractivity contribution < 1.29 is 5.32 Å². The van der Waals surface area contributed by atoms with Gasteiger partial charge in [-0.15, -0.1) is 0 Å². The average Bonchev–Trinajstić information content (AvgIpc) is 3.51. The Morgan fingerprint density at radius 3 is 1.64 bits per heavy atom. The number of hydrogen-bond acceptors (Lipinski definition) is 1. The molecule has 1 unspecified atom stereocenters. The van der Waals surface area contributed by atoms with Gasteiger partial charge < -0.3 is 0 Å². The molecule has 45 heavy (non-hydrogen) atoms. The summed E-state index contributed by atoms with van der Waals surface area (Å²) in [6.07, 6.45) is 0.150. The second kappa shape index (κ2) is 10.5. The van der Waals surface area contributed by atoms with Crippen LogP contribution < -0.4 is 10.2 Å². The summed E-state index contributed by atoms with van der Waals surface area (Å²) in [6.45, 7) is 0. The normalized spacial score (nSPS) is 14.3. The first-order chi connectivity index (χ1) is 22.3. The van der Waals surface area contributed by atoms with Crippen molar-refractivity contribution >= 4 is 49.4 Å². The van der Waals surface area contributed by atoms with Gasteiger partial charge in [-0.2, -0.15) is 0 Å². The molecule has 0 saturated heterocycles. The second-order valence-corrected chi connectivity index (χ2v) is 11.9. The molecule has 0 aliphatic carbocycles. The molecule has 0 radical (unpaired) electrons. The van der Waals surface area contributed by atoms with Crippen LogP contribution in [0.1, 0.15) is 11.7 Å². The van der Waals surface area contributed by atoms with E-state index in [1.165, 1.54) is 77.2 Å². The van der Waals surface area contributed by atoms with Gasteiger partial charge in [0.05, 0.1) is 0 Å². The van der Waals surface area contributed by atoms with Crippen LogP contribution >= 0.6 is 0 Å². The number of rotatable bonds is 4. The molecule has 2 nitrogen and oxygen atoms in total. The average molecular weight is 576 g/mol. The number of benzene rings is 8. The number of fused-ring (bicyclic) bond motifs is 4. The lowest BCUT2D eigenvalue weighted by molar-refractivity contribution is -0.606. The lowest BCUT2D eigenvalue weighted by Crippen LogP contribution is -2.79. The summed E-state index contributed by atoms with van der Waals surface area (Å²) in [6, 6.07) is 62.0. The predicted octanol–water partition coefficient (Wildman–Crippen LogP) is 10.5. The fraction of sp³-hybridized carbons (Fsp3) is 0.0233. The van der Waals surface area contributed by atoms with E-state index in [1.54, 1.807) is 0 Å². The van der Waals surface area contributed by atoms with Gasteiger partial charge >= 0.3 is 0 Å². The van der Waals surface area contributed by atoms with Crippen molar-refractivity contribution in [1.82, 2.24) is 0 Å². The van der Waals surface area contributed by atoms with Crippen molar-refractivity contribution in [2.45, 2.75) is 6.17 Å². The first-order valence-electron chi connectivity index (χ1n) is 15.6. The summed E-state index contributed by atoms with van der Waals surface area (Å²) < 4.78 is 0. The van der Waals surface area contributed by atoms with Crippen molar-refractivity contribution in [3.8, 4) is 22.3 Å². The van der Waals surface area contributed by atoms with E-state index in [0.717, 1.165) is 0 Å². The number of quaternary nitrogens is 1. The van der Waals surface area contributed by atoms with E-state index in [9.17, 15) is 0 Å². The highest BCUT2D eigenvalue weighted by Gasteiger charge is 2.35. The van der Waals surface area contributed by atoms with Crippen LogP contribution in [0, 0.1) is 0 Å². The number of para-hydroxylation sites is 2. The largest absolute Gasteiger partial charge is 0.288 e. The van der Waals surface area contributed by atoms with E-state index < -0.39 is 0 Å². The fourth-order valence-corrected chi connectivity index (χ4v) is 7.32. The quantitative estimate of drug-likeness (QED) is 0.163. The summed E-state index contributed by atoms with van der Waals surface area (Å²) in [5.41, 5.74) is 10.1. The lowest BCUT2D eigenvalue weighted by atomic mass is 9.85. The molecule has 212 valence electrons. The molecule has 1 aliphatic heterocycles. The number of hydrogen-bond donors (Lipinski definition) is 1. The number of anilines is 2. The van der Waals surface area contributed by atoms with Crippen LogP contribution in [0.15, 0.2) is 170 Å². The molecular weight excluding hydrogens is 544 g/mol. The van der Waals surface area contributed by atoms with Crippen LogP contribution in [0.4, 0.5) is 17.1 Å². The summed E-state index contributed by atoms with van der Waals surface area (Å²) >= 11 is 0. The Labute approximate surface area is 262 Å². The molecule has 0 spiro atoms. The Kier molecular flexibility index (Phi) is 6.00. The van der Waals surface area contributed by atoms with Crippen LogP contribution in [0.25, 0.3) is 54.6 Å². The zero-order valence-electron chi connectivity index (χ0n) is 24.8. The molecule has 0 fully saturated rings. The zero-order valence-corrected chi connectivity index (χ0v) is 24.8. The highest BCUT2D eigenvalue weighted by molar-refractivity contribution is 6.21. The molecular formula is C43H31N2+. The first kappa shape index (κ1) is 25.8. The lowest BCUT2D eigenvalue weighted by Gasteiger charge is -2.24. The molecule has 0 amide bonds. The summed E-state index contributed by atoms with van der Waals surface area (Å²) in [5.74, 6) is 0. The standard InChI is InChI=1S/C43H30N2/c1-2-13-31(14-3-1)43-44-39-20-10-11-21-40(39)45(43)34-26-24-30(25-27-34)41-35-16-6-8-18-37(35)42(38-19-9-7-17-36(38)41)33-23-22-29-12-4-5-15-32(29)28-33/h1-28,43-44H/p+1. The predicted molar refractivity (Wildman–Crippen MR) is 189 cm³/mol. The maximum absolute atomic E-state index is 2.47. The van der Waals surface area contributed by atoms with Crippen LogP contribution in [0.2, 0.25) is 0 Å². The smallest absolute Gasteiger partial charge is 0.197 e. The maximum atomic E-state index is 2.47. The third-order valence-electron chi connectivity index (χ3n) is 9.36. The molecule has 8 aromatic carbocycles. The van der Waals surface area contributed by atoms with Crippen LogP contribution in [-0.2, 0) is 0 Å². The van der Waals surface area contributed by atoms with Gasteiger partial charge in [-0.05, 0) is 78.8 Å². The highest BCUT2D eigenvalue weighted by atomic mass is 15.3. The third kappa shape index (κ3) is 4.22. The summed E-state index contributed by atoms with van der Waals surface area (Å²) in [7, 11) is 0. The Morgan fingerprint density at radius 2 is 0.956 bits per heavy atom. The van der Waals surface area contributed by atoms with E-state index >= 15 is 0 Å². The molecule has 0 saturated carbocycles. The van der Waals surface area contributed by atoms with Crippen LogP contribution in [0.5, 0.6) is 0 Å². The molecule has 0 aromatic heterocycles. The van der Waals surface area contributed by atoms with Crippen molar-refractivity contribution in [3.05, 3.63) is 175 Å². The molecule has 1 heterocycles. The SMILES string of the molecule is c1ccc(C2[NH2+]c3ccccc3N2c2ccc(-c3c4ccccc4c(-c4ccc5ccccc5c4)c4ccccc34)cc2)cc1. The third-order valence-corrected chi connectivity index (χ3v) is 9.36. The molecule has 2 N–H and O–H groups in total. The van der Waals surface area contributed by atoms with E-state index in [2.05, 4.69) is 180 Å². The van der Waals surface area contributed by atoms with E-state index in [-0.39, 0.29) is 6.17 Å². The van der Waals surface area contributed by atoms with Crippen molar-refractivity contribution in [1.29, 1.82) is 0 Å². The van der Waals surface area contributed by atoms with Gasteiger partial charge in [-0.1, -0.05) is 140 Å². The molecule has 9 rings (SSSR count). The second-order valence-electron chi connectivity index (χ2n) is 11.9.